The van der Waals surface area contributed by atoms with Gasteiger partial charge < -0.3 is 10.0 Å². The molecule has 0 saturated carbocycles. The van der Waals surface area contributed by atoms with E-state index >= 15 is 0 Å². The van der Waals surface area contributed by atoms with Crippen molar-refractivity contribution in [2.45, 2.75) is 45.6 Å². The molecule has 1 aliphatic rings. The van der Waals surface area contributed by atoms with Gasteiger partial charge in [0, 0.05) is 30.1 Å². The van der Waals surface area contributed by atoms with Crippen molar-refractivity contribution in [2.24, 2.45) is 0 Å². The number of nitrogens with zero attached hydrogens (tertiary/aromatic N) is 1. The molecule has 1 saturated heterocycles. The minimum Gasteiger partial charge on any atom is -0.395 e. The molecule has 0 aliphatic carbocycles. The maximum atomic E-state index is 12.6. The predicted octanol–water partition coefficient (Wildman–Crippen LogP) is 2.74. The Balaban J connectivity index is 2.22. The summed E-state index contributed by atoms with van der Waals surface area (Å²) in [5.41, 5.74) is 2.64. The highest BCUT2D eigenvalue weighted by Gasteiger charge is 2.24. The SMILES string of the molecule is Cc1ccc(C(=O)N2CCCCC2C)cc1C#CCCO. The number of aliphatic hydroxyl groups is 1. The quantitative estimate of drug-likeness (QED) is 0.849. The fraction of sp³-hybridized carbons (Fsp3) is 0.500. The van der Waals surface area contributed by atoms with E-state index in [1.165, 1.54) is 6.42 Å². The molecule has 0 spiro atoms. The van der Waals surface area contributed by atoms with E-state index in [0.29, 0.717) is 18.0 Å². The van der Waals surface area contributed by atoms with Crippen LogP contribution in [0.15, 0.2) is 18.2 Å². The number of hydrogen-bond acceptors (Lipinski definition) is 2. The Bertz CT molecular complexity index is 568. The van der Waals surface area contributed by atoms with Gasteiger partial charge in [0.15, 0.2) is 0 Å². The van der Waals surface area contributed by atoms with Crippen molar-refractivity contribution in [1.29, 1.82) is 0 Å². The summed E-state index contributed by atoms with van der Waals surface area (Å²) in [7, 11) is 0. The van der Waals surface area contributed by atoms with Gasteiger partial charge in [0.05, 0.1) is 6.61 Å². The van der Waals surface area contributed by atoms with E-state index in [-0.39, 0.29) is 12.5 Å². The summed E-state index contributed by atoms with van der Waals surface area (Å²) >= 11 is 0. The third-order valence-corrected chi connectivity index (χ3v) is 4.01. The molecule has 3 heteroatoms. The Hall–Kier alpha value is -1.79. The van der Waals surface area contributed by atoms with E-state index in [9.17, 15) is 4.79 Å². The molecule has 1 aromatic carbocycles. The number of carbonyl (C=O) groups is 1. The predicted molar refractivity (Wildman–Crippen MR) is 84.1 cm³/mol. The molecule has 0 aromatic heterocycles. The molecule has 0 bridgehead atoms. The van der Waals surface area contributed by atoms with E-state index < -0.39 is 0 Å². The maximum Gasteiger partial charge on any atom is 0.254 e. The zero-order valence-electron chi connectivity index (χ0n) is 12.9. The van der Waals surface area contributed by atoms with Gasteiger partial charge in [-0.25, -0.2) is 0 Å². The van der Waals surface area contributed by atoms with Gasteiger partial charge in [-0.05, 0) is 50.8 Å². The fourth-order valence-electron chi connectivity index (χ4n) is 2.67. The molecular weight excluding hydrogens is 262 g/mol. The topological polar surface area (TPSA) is 40.5 Å². The van der Waals surface area contributed by atoms with Crippen LogP contribution in [0.4, 0.5) is 0 Å². The van der Waals surface area contributed by atoms with Gasteiger partial charge >= 0.3 is 0 Å². The highest BCUT2D eigenvalue weighted by atomic mass is 16.2. The van der Waals surface area contributed by atoms with Crippen LogP contribution in [0.2, 0.25) is 0 Å². The van der Waals surface area contributed by atoms with E-state index in [2.05, 4.69) is 18.8 Å². The number of benzene rings is 1. The molecule has 1 heterocycles. The molecular formula is C18H23NO2. The van der Waals surface area contributed by atoms with Crippen LogP contribution in [0.1, 0.15) is 54.1 Å². The standard InChI is InChI=1S/C18H23NO2/c1-14-9-10-17(13-16(14)8-4-6-12-20)18(21)19-11-5-3-7-15(19)2/h9-10,13,15,20H,3,5-7,11-12H2,1-2H3. The number of piperidine rings is 1. The average Bonchev–Trinajstić information content (AvgIpc) is 2.49. The zero-order valence-corrected chi connectivity index (χ0v) is 12.9. The summed E-state index contributed by atoms with van der Waals surface area (Å²) in [6.45, 7) is 5.02. The summed E-state index contributed by atoms with van der Waals surface area (Å²) in [4.78, 5) is 14.6. The third kappa shape index (κ3) is 3.86. The number of likely N-dealkylation sites (tertiary alicyclic amines) is 1. The van der Waals surface area contributed by atoms with Gasteiger partial charge in [0.1, 0.15) is 0 Å². The molecule has 1 aliphatic heterocycles. The number of hydrogen-bond donors (Lipinski definition) is 1. The molecule has 1 amide bonds. The summed E-state index contributed by atoms with van der Waals surface area (Å²) in [5.74, 6) is 6.07. The highest BCUT2D eigenvalue weighted by Crippen LogP contribution is 2.20. The number of amides is 1. The lowest BCUT2D eigenvalue weighted by atomic mass is 10.0. The molecule has 1 fully saturated rings. The van der Waals surface area contributed by atoms with Crippen molar-refractivity contribution in [3.63, 3.8) is 0 Å². The molecule has 1 atom stereocenters. The molecule has 1 aromatic rings. The first-order chi connectivity index (χ1) is 10.1. The summed E-state index contributed by atoms with van der Waals surface area (Å²) in [5, 5.41) is 8.79. The third-order valence-electron chi connectivity index (χ3n) is 4.01. The molecule has 21 heavy (non-hydrogen) atoms. The van der Waals surface area contributed by atoms with Gasteiger partial charge in [0.25, 0.3) is 5.91 Å². The minimum atomic E-state index is 0.0654. The maximum absolute atomic E-state index is 12.6. The Morgan fingerprint density at radius 1 is 1.43 bits per heavy atom. The van der Waals surface area contributed by atoms with E-state index in [1.807, 2.05) is 30.0 Å². The fourth-order valence-corrected chi connectivity index (χ4v) is 2.67. The second-order valence-corrected chi connectivity index (χ2v) is 5.65. The molecule has 3 nitrogen and oxygen atoms in total. The minimum absolute atomic E-state index is 0.0654. The van der Waals surface area contributed by atoms with Crippen LogP contribution in [0.25, 0.3) is 0 Å². The van der Waals surface area contributed by atoms with E-state index in [1.54, 1.807) is 0 Å². The summed E-state index contributed by atoms with van der Waals surface area (Å²) in [6.07, 6.45) is 3.84. The van der Waals surface area contributed by atoms with Crippen molar-refractivity contribution >= 4 is 5.91 Å². The number of aliphatic hydroxyl groups excluding tert-OH is 1. The smallest absolute Gasteiger partial charge is 0.254 e. The molecule has 0 radical (unpaired) electrons. The van der Waals surface area contributed by atoms with Crippen molar-refractivity contribution in [3.05, 3.63) is 34.9 Å². The monoisotopic (exact) mass is 285 g/mol. The van der Waals surface area contributed by atoms with Crippen LogP contribution in [0.3, 0.4) is 0 Å². The number of aryl methyl sites for hydroxylation is 1. The lowest BCUT2D eigenvalue weighted by Gasteiger charge is -2.33. The lowest BCUT2D eigenvalue weighted by molar-refractivity contribution is 0.0635. The molecule has 2 rings (SSSR count). The van der Waals surface area contributed by atoms with Gasteiger partial charge in [-0.3, -0.25) is 4.79 Å². The van der Waals surface area contributed by atoms with Crippen LogP contribution in [0.5, 0.6) is 0 Å². The number of carbonyl (C=O) groups excluding carboxylic acids is 1. The van der Waals surface area contributed by atoms with Gasteiger partial charge in [0.2, 0.25) is 0 Å². The molecule has 1 N–H and O–H groups in total. The van der Waals surface area contributed by atoms with Crippen molar-refractivity contribution in [1.82, 2.24) is 4.90 Å². The van der Waals surface area contributed by atoms with Crippen molar-refractivity contribution < 1.29 is 9.90 Å². The molecule has 1 unspecified atom stereocenters. The Morgan fingerprint density at radius 2 is 2.24 bits per heavy atom. The average molecular weight is 285 g/mol. The Kier molecular flexibility index (Phi) is 5.41. The van der Waals surface area contributed by atoms with E-state index in [0.717, 1.165) is 30.5 Å². The van der Waals surface area contributed by atoms with Gasteiger partial charge in [-0.15, -0.1) is 0 Å². The Morgan fingerprint density at radius 3 is 2.95 bits per heavy atom. The summed E-state index contributed by atoms with van der Waals surface area (Å²) < 4.78 is 0. The van der Waals surface area contributed by atoms with Crippen LogP contribution in [-0.2, 0) is 0 Å². The highest BCUT2D eigenvalue weighted by molar-refractivity contribution is 5.95. The number of rotatable bonds is 2. The van der Waals surface area contributed by atoms with Crippen LogP contribution >= 0.6 is 0 Å². The van der Waals surface area contributed by atoms with E-state index in [4.69, 9.17) is 5.11 Å². The molecule has 112 valence electrons. The first kappa shape index (κ1) is 15.6. The lowest BCUT2D eigenvalue weighted by Crippen LogP contribution is -2.42. The zero-order chi connectivity index (χ0) is 15.2. The summed E-state index contributed by atoms with van der Waals surface area (Å²) in [6, 6.07) is 6.03. The van der Waals surface area contributed by atoms with Crippen molar-refractivity contribution in [3.8, 4) is 11.8 Å². The van der Waals surface area contributed by atoms with Crippen LogP contribution in [-0.4, -0.2) is 35.1 Å². The van der Waals surface area contributed by atoms with Crippen LogP contribution in [0, 0.1) is 18.8 Å². The first-order valence-corrected chi connectivity index (χ1v) is 7.65. The van der Waals surface area contributed by atoms with Gasteiger partial charge in [-0.1, -0.05) is 17.9 Å². The van der Waals surface area contributed by atoms with Crippen molar-refractivity contribution in [2.75, 3.05) is 13.2 Å². The largest absolute Gasteiger partial charge is 0.395 e. The second kappa shape index (κ2) is 7.28. The van der Waals surface area contributed by atoms with Gasteiger partial charge in [-0.2, -0.15) is 0 Å². The second-order valence-electron chi connectivity index (χ2n) is 5.65. The Labute approximate surface area is 127 Å². The van der Waals surface area contributed by atoms with Crippen LogP contribution < -0.4 is 0 Å². The first-order valence-electron chi connectivity index (χ1n) is 7.65. The normalized spacial score (nSPS) is 18.0.